The van der Waals surface area contributed by atoms with Gasteiger partial charge in [-0.15, -0.1) is 0 Å². The van der Waals surface area contributed by atoms with Crippen LogP contribution in [0.4, 0.5) is 0 Å². The molecule has 2 aromatic rings. The number of hydrogen-bond acceptors (Lipinski definition) is 3. The van der Waals surface area contributed by atoms with E-state index in [1.807, 2.05) is 13.1 Å². The van der Waals surface area contributed by atoms with Crippen LogP contribution in [-0.2, 0) is 7.05 Å². The molecule has 1 fully saturated rings. The van der Waals surface area contributed by atoms with Crippen LogP contribution in [0, 0.1) is 0 Å². The third kappa shape index (κ3) is 4.03. The van der Waals surface area contributed by atoms with Gasteiger partial charge < -0.3 is 9.88 Å². The summed E-state index contributed by atoms with van der Waals surface area (Å²) in [7, 11) is 1.84. The molecular formula is C19H26N4O. The van der Waals surface area contributed by atoms with Gasteiger partial charge in [-0.05, 0) is 31.5 Å². The molecule has 1 atom stereocenters. The zero-order valence-corrected chi connectivity index (χ0v) is 14.3. The molecule has 1 amide bonds. The lowest BCUT2D eigenvalue weighted by Gasteiger charge is -2.31. The highest BCUT2D eigenvalue weighted by Gasteiger charge is 2.22. The number of hydrogen-bond donors (Lipinski definition) is 1. The lowest BCUT2D eigenvalue weighted by atomic mass is 10.0. The summed E-state index contributed by atoms with van der Waals surface area (Å²) < 4.78 is 1.75. The Labute approximate surface area is 143 Å². The van der Waals surface area contributed by atoms with E-state index in [0.717, 1.165) is 13.1 Å². The number of likely N-dealkylation sites (tertiary alicyclic amines) is 1. The van der Waals surface area contributed by atoms with Gasteiger partial charge in [0.05, 0.1) is 6.04 Å². The molecule has 0 unspecified atom stereocenters. The fraction of sp³-hybridized carbons (Fsp3) is 0.474. The Morgan fingerprint density at radius 2 is 1.88 bits per heavy atom. The molecule has 0 aliphatic carbocycles. The van der Waals surface area contributed by atoms with Gasteiger partial charge in [-0.2, -0.15) is 0 Å². The second kappa shape index (κ2) is 8.11. The average molecular weight is 326 g/mol. The summed E-state index contributed by atoms with van der Waals surface area (Å²) in [4.78, 5) is 19.0. The van der Waals surface area contributed by atoms with Crippen molar-refractivity contribution in [3.05, 3.63) is 54.1 Å². The fourth-order valence-corrected chi connectivity index (χ4v) is 3.39. The first-order valence-corrected chi connectivity index (χ1v) is 8.80. The summed E-state index contributed by atoms with van der Waals surface area (Å²) in [6, 6.07) is 10.7. The van der Waals surface area contributed by atoms with Crippen molar-refractivity contribution >= 4 is 5.91 Å². The zero-order chi connectivity index (χ0) is 16.8. The Morgan fingerprint density at radius 1 is 1.17 bits per heavy atom. The van der Waals surface area contributed by atoms with Crippen LogP contribution in [0.15, 0.2) is 42.7 Å². The van der Waals surface area contributed by atoms with E-state index in [2.05, 4.69) is 39.5 Å². The van der Waals surface area contributed by atoms with Crippen LogP contribution in [-0.4, -0.2) is 40.0 Å². The smallest absolute Gasteiger partial charge is 0.287 e. The molecule has 0 radical (unpaired) electrons. The van der Waals surface area contributed by atoms with Crippen molar-refractivity contribution in [2.45, 2.75) is 31.7 Å². The van der Waals surface area contributed by atoms with Crippen molar-refractivity contribution in [1.82, 2.24) is 19.8 Å². The lowest BCUT2D eigenvalue weighted by Crippen LogP contribution is -2.39. The van der Waals surface area contributed by atoms with Crippen LogP contribution in [0.1, 0.15) is 47.9 Å². The minimum Gasteiger partial charge on any atom is -0.347 e. The van der Waals surface area contributed by atoms with Gasteiger partial charge in [-0.25, -0.2) is 4.98 Å². The maximum absolute atomic E-state index is 12.4. The normalized spacial score (nSPS) is 17.2. The molecule has 3 rings (SSSR count). The summed E-state index contributed by atoms with van der Waals surface area (Å²) in [5.41, 5.74) is 1.26. The van der Waals surface area contributed by atoms with Crippen molar-refractivity contribution in [2.24, 2.45) is 7.05 Å². The first-order chi connectivity index (χ1) is 11.8. The molecule has 128 valence electrons. The molecule has 0 bridgehead atoms. The average Bonchev–Trinajstić information content (AvgIpc) is 2.86. The van der Waals surface area contributed by atoms with Crippen molar-refractivity contribution in [3.63, 3.8) is 0 Å². The van der Waals surface area contributed by atoms with Gasteiger partial charge >= 0.3 is 0 Å². The number of carbonyl (C=O) groups excluding carboxylic acids is 1. The molecule has 2 heterocycles. The number of benzene rings is 1. The predicted molar refractivity (Wildman–Crippen MR) is 94.8 cm³/mol. The highest BCUT2D eigenvalue weighted by atomic mass is 16.2. The highest BCUT2D eigenvalue weighted by Crippen LogP contribution is 2.23. The summed E-state index contributed by atoms with van der Waals surface area (Å²) in [5.74, 6) is 0.343. The molecule has 0 spiro atoms. The molecule has 5 nitrogen and oxygen atoms in total. The molecule has 0 saturated carbocycles. The molecule has 1 aromatic carbocycles. The SMILES string of the molecule is Cn1ccnc1C(=O)NC[C@H](c1ccccc1)N1CCCCCC1. The molecular weight excluding hydrogens is 300 g/mol. The Bertz CT molecular complexity index is 644. The van der Waals surface area contributed by atoms with Crippen LogP contribution >= 0.6 is 0 Å². The topological polar surface area (TPSA) is 50.2 Å². The third-order valence-electron chi connectivity index (χ3n) is 4.75. The van der Waals surface area contributed by atoms with E-state index in [-0.39, 0.29) is 11.9 Å². The highest BCUT2D eigenvalue weighted by molar-refractivity contribution is 5.90. The van der Waals surface area contributed by atoms with Gasteiger partial charge in [-0.1, -0.05) is 43.2 Å². The fourth-order valence-electron chi connectivity index (χ4n) is 3.39. The van der Waals surface area contributed by atoms with Gasteiger partial charge in [0.25, 0.3) is 5.91 Å². The van der Waals surface area contributed by atoms with Crippen molar-refractivity contribution < 1.29 is 4.79 Å². The van der Waals surface area contributed by atoms with E-state index < -0.39 is 0 Å². The first-order valence-electron chi connectivity index (χ1n) is 8.80. The maximum atomic E-state index is 12.4. The Morgan fingerprint density at radius 3 is 2.50 bits per heavy atom. The van der Waals surface area contributed by atoms with Crippen LogP contribution in [0.3, 0.4) is 0 Å². The van der Waals surface area contributed by atoms with Gasteiger partial charge in [0, 0.05) is 26.0 Å². The molecule has 24 heavy (non-hydrogen) atoms. The number of nitrogens with one attached hydrogen (secondary N) is 1. The number of nitrogens with zero attached hydrogens (tertiary/aromatic N) is 3. The van der Waals surface area contributed by atoms with Gasteiger partial charge in [-0.3, -0.25) is 9.69 Å². The number of imidazole rings is 1. The predicted octanol–water partition coefficient (Wildman–Crippen LogP) is 2.77. The van der Waals surface area contributed by atoms with Crippen LogP contribution in [0.5, 0.6) is 0 Å². The van der Waals surface area contributed by atoms with E-state index in [1.165, 1.54) is 31.2 Å². The van der Waals surface area contributed by atoms with Crippen molar-refractivity contribution in [2.75, 3.05) is 19.6 Å². The quantitative estimate of drug-likeness (QED) is 0.919. The molecule has 1 saturated heterocycles. The van der Waals surface area contributed by atoms with E-state index in [1.54, 1.807) is 17.0 Å². The van der Waals surface area contributed by atoms with Crippen LogP contribution < -0.4 is 5.32 Å². The Hall–Kier alpha value is -2.14. The molecule has 5 heteroatoms. The number of aromatic nitrogens is 2. The minimum absolute atomic E-state index is 0.113. The molecule has 1 aliphatic heterocycles. The van der Waals surface area contributed by atoms with E-state index in [9.17, 15) is 4.79 Å². The second-order valence-electron chi connectivity index (χ2n) is 6.45. The standard InChI is InChI=1S/C19H26N4O/c1-22-14-11-20-18(22)19(24)21-15-17(16-9-5-4-6-10-16)23-12-7-2-3-8-13-23/h4-6,9-11,14,17H,2-3,7-8,12-13,15H2,1H3,(H,21,24)/t17-/m1/s1. The Balaban J connectivity index is 1.72. The Kier molecular flexibility index (Phi) is 5.64. The first kappa shape index (κ1) is 16.7. The summed E-state index contributed by atoms with van der Waals surface area (Å²) in [6.07, 6.45) is 8.51. The number of amides is 1. The van der Waals surface area contributed by atoms with Gasteiger partial charge in [0.1, 0.15) is 0 Å². The molecule has 1 aliphatic rings. The summed E-state index contributed by atoms with van der Waals surface area (Å²) in [6.45, 7) is 2.80. The van der Waals surface area contributed by atoms with Crippen LogP contribution in [0.2, 0.25) is 0 Å². The zero-order valence-electron chi connectivity index (χ0n) is 14.3. The minimum atomic E-state index is -0.113. The summed E-state index contributed by atoms with van der Waals surface area (Å²) in [5, 5.41) is 3.08. The second-order valence-corrected chi connectivity index (χ2v) is 6.45. The van der Waals surface area contributed by atoms with E-state index >= 15 is 0 Å². The molecule has 1 N–H and O–H groups in total. The number of aryl methyl sites for hydroxylation is 1. The monoisotopic (exact) mass is 326 g/mol. The molecule has 1 aromatic heterocycles. The van der Waals surface area contributed by atoms with Crippen molar-refractivity contribution in [1.29, 1.82) is 0 Å². The lowest BCUT2D eigenvalue weighted by molar-refractivity contribution is 0.0920. The largest absolute Gasteiger partial charge is 0.347 e. The van der Waals surface area contributed by atoms with E-state index in [0.29, 0.717) is 12.4 Å². The van der Waals surface area contributed by atoms with Gasteiger partial charge in [0.2, 0.25) is 0 Å². The summed E-state index contributed by atoms with van der Waals surface area (Å²) >= 11 is 0. The number of rotatable bonds is 5. The third-order valence-corrected chi connectivity index (χ3v) is 4.75. The van der Waals surface area contributed by atoms with Gasteiger partial charge in [0.15, 0.2) is 5.82 Å². The van der Waals surface area contributed by atoms with Crippen LogP contribution in [0.25, 0.3) is 0 Å². The maximum Gasteiger partial charge on any atom is 0.287 e. The van der Waals surface area contributed by atoms with Crippen molar-refractivity contribution in [3.8, 4) is 0 Å². The van der Waals surface area contributed by atoms with E-state index in [4.69, 9.17) is 0 Å². The number of carbonyl (C=O) groups is 1.